The van der Waals surface area contributed by atoms with Crippen LogP contribution < -0.4 is 5.32 Å². The van der Waals surface area contributed by atoms with Crippen LogP contribution in [0, 0.1) is 0 Å². The Balaban J connectivity index is 3.21. The van der Waals surface area contributed by atoms with Crippen LogP contribution in [0.5, 0.6) is 0 Å². The lowest BCUT2D eigenvalue weighted by Crippen LogP contribution is -2.25. The Morgan fingerprint density at radius 2 is 2.38 bits per heavy atom. The van der Waals surface area contributed by atoms with E-state index in [1.165, 1.54) is 0 Å². The lowest BCUT2D eigenvalue weighted by Gasteiger charge is -2.03. The summed E-state index contributed by atoms with van der Waals surface area (Å²) in [5.74, 6) is 0. The Bertz CT molecular complexity index is 63.5. The zero-order chi connectivity index (χ0) is 6.41. The largest absolute Gasteiger partial charge is 0.311 e. The van der Waals surface area contributed by atoms with E-state index in [0.717, 1.165) is 19.1 Å². The maximum Gasteiger partial charge on any atom is 0.136 e. The molecule has 2 nitrogen and oxygen atoms in total. The summed E-state index contributed by atoms with van der Waals surface area (Å²) in [6.45, 7) is 2.06. The summed E-state index contributed by atoms with van der Waals surface area (Å²) in [4.78, 5) is 10.1. The lowest BCUT2D eigenvalue weighted by molar-refractivity contribution is -0.109. The van der Waals surface area contributed by atoms with Gasteiger partial charge in [0.05, 0.1) is 6.04 Å². The third-order valence-electron chi connectivity index (χ3n) is 1.13. The van der Waals surface area contributed by atoms with Crippen molar-refractivity contribution in [1.82, 2.24) is 5.32 Å². The number of carbonyl (C=O) groups is 1. The van der Waals surface area contributed by atoms with E-state index in [1.807, 2.05) is 0 Å². The predicted molar refractivity (Wildman–Crippen MR) is 33.8 cm³/mol. The minimum absolute atomic E-state index is 0.0694. The molecule has 0 aliphatic rings. The minimum Gasteiger partial charge on any atom is -0.311 e. The number of carbonyl (C=O) groups excluding carboxylic acids is 1. The van der Waals surface area contributed by atoms with Crippen LogP contribution in [0.1, 0.15) is 19.8 Å². The van der Waals surface area contributed by atoms with Gasteiger partial charge in [-0.15, -0.1) is 0 Å². The molecule has 0 bridgehead atoms. The van der Waals surface area contributed by atoms with Crippen LogP contribution in [0.3, 0.4) is 0 Å². The molecule has 0 spiro atoms. The maximum absolute atomic E-state index is 10.1. The van der Waals surface area contributed by atoms with Crippen LogP contribution >= 0.6 is 0 Å². The van der Waals surface area contributed by atoms with Gasteiger partial charge in [0.1, 0.15) is 6.29 Å². The molecule has 1 N–H and O–H groups in total. The van der Waals surface area contributed by atoms with Crippen molar-refractivity contribution >= 4 is 6.29 Å². The van der Waals surface area contributed by atoms with E-state index < -0.39 is 0 Å². The third-order valence-corrected chi connectivity index (χ3v) is 1.13. The fraction of sp³-hybridized carbons (Fsp3) is 0.833. The molecule has 0 amide bonds. The third kappa shape index (κ3) is 2.75. The first-order chi connectivity index (χ1) is 3.85. The average molecular weight is 115 g/mol. The minimum atomic E-state index is 0.0694. The van der Waals surface area contributed by atoms with E-state index in [-0.39, 0.29) is 6.04 Å². The standard InChI is InChI=1S/C6H13NO/c1-3-4-6(5-8)7-2/h5-7H,3-4H2,1-2H3. The maximum atomic E-state index is 10.1. The molecule has 0 radical (unpaired) electrons. The van der Waals surface area contributed by atoms with Crippen molar-refractivity contribution in [3.63, 3.8) is 0 Å². The molecule has 0 aromatic rings. The highest BCUT2D eigenvalue weighted by Gasteiger charge is 1.98. The number of aldehydes is 1. The first-order valence-electron chi connectivity index (χ1n) is 2.97. The molecule has 0 aliphatic carbocycles. The molecular formula is C6H13NO. The first-order valence-corrected chi connectivity index (χ1v) is 2.97. The van der Waals surface area contributed by atoms with Gasteiger partial charge >= 0.3 is 0 Å². The van der Waals surface area contributed by atoms with Crippen LogP contribution in [0.2, 0.25) is 0 Å². The number of hydrogen-bond donors (Lipinski definition) is 1. The molecule has 1 unspecified atom stereocenters. The molecule has 0 heterocycles. The van der Waals surface area contributed by atoms with Gasteiger partial charge in [-0.05, 0) is 13.5 Å². The van der Waals surface area contributed by atoms with Gasteiger partial charge in [0.25, 0.3) is 0 Å². The second-order valence-corrected chi connectivity index (χ2v) is 1.82. The van der Waals surface area contributed by atoms with Crippen LogP contribution in [0.15, 0.2) is 0 Å². The van der Waals surface area contributed by atoms with E-state index in [4.69, 9.17) is 0 Å². The van der Waals surface area contributed by atoms with Crippen LogP contribution in [0.25, 0.3) is 0 Å². The van der Waals surface area contributed by atoms with Crippen molar-refractivity contribution in [3.05, 3.63) is 0 Å². The van der Waals surface area contributed by atoms with Crippen molar-refractivity contribution < 1.29 is 4.79 Å². The highest BCUT2D eigenvalue weighted by molar-refractivity contribution is 5.57. The SMILES string of the molecule is CCCC(C=O)NC. The molecule has 8 heavy (non-hydrogen) atoms. The van der Waals surface area contributed by atoms with Gasteiger partial charge < -0.3 is 10.1 Å². The summed E-state index contributed by atoms with van der Waals surface area (Å²) in [6, 6.07) is 0.0694. The first kappa shape index (κ1) is 7.63. The number of likely N-dealkylation sites (N-methyl/N-ethyl adjacent to an activating group) is 1. The molecular weight excluding hydrogens is 102 g/mol. The molecule has 0 aliphatic heterocycles. The van der Waals surface area contributed by atoms with E-state index in [9.17, 15) is 4.79 Å². The van der Waals surface area contributed by atoms with Crippen molar-refractivity contribution in [2.75, 3.05) is 7.05 Å². The molecule has 2 heteroatoms. The Hall–Kier alpha value is -0.370. The van der Waals surface area contributed by atoms with Crippen molar-refractivity contribution in [2.45, 2.75) is 25.8 Å². The second-order valence-electron chi connectivity index (χ2n) is 1.82. The Morgan fingerprint density at radius 1 is 1.75 bits per heavy atom. The monoisotopic (exact) mass is 115 g/mol. The van der Waals surface area contributed by atoms with Crippen molar-refractivity contribution in [3.8, 4) is 0 Å². The van der Waals surface area contributed by atoms with Gasteiger partial charge in [-0.25, -0.2) is 0 Å². The Kier molecular flexibility index (Phi) is 4.56. The van der Waals surface area contributed by atoms with Crippen LogP contribution in [-0.4, -0.2) is 19.4 Å². The normalized spacial score (nSPS) is 13.2. The van der Waals surface area contributed by atoms with E-state index >= 15 is 0 Å². The zero-order valence-corrected chi connectivity index (χ0v) is 5.48. The predicted octanol–water partition coefficient (Wildman–Crippen LogP) is 0.573. The molecule has 0 aromatic carbocycles. The topological polar surface area (TPSA) is 29.1 Å². The fourth-order valence-corrected chi connectivity index (χ4v) is 0.591. The summed E-state index contributed by atoms with van der Waals surface area (Å²) in [5, 5.41) is 2.88. The van der Waals surface area contributed by atoms with Gasteiger partial charge in [0.15, 0.2) is 0 Å². The highest BCUT2D eigenvalue weighted by Crippen LogP contribution is 1.90. The summed E-state index contributed by atoms with van der Waals surface area (Å²) in [5.41, 5.74) is 0. The quantitative estimate of drug-likeness (QED) is 0.543. The summed E-state index contributed by atoms with van der Waals surface area (Å²) >= 11 is 0. The van der Waals surface area contributed by atoms with Gasteiger partial charge in [0.2, 0.25) is 0 Å². The second kappa shape index (κ2) is 4.78. The van der Waals surface area contributed by atoms with E-state index in [0.29, 0.717) is 0 Å². The number of nitrogens with one attached hydrogen (secondary N) is 1. The van der Waals surface area contributed by atoms with Gasteiger partial charge in [0, 0.05) is 0 Å². The molecule has 48 valence electrons. The molecule has 0 aromatic heterocycles. The molecule has 0 saturated heterocycles. The molecule has 0 fully saturated rings. The summed E-state index contributed by atoms with van der Waals surface area (Å²) in [6.07, 6.45) is 2.95. The average Bonchev–Trinajstić information content (AvgIpc) is 1.83. The summed E-state index contributed by atoms with van der Waals surface area (Å²) < 4.78 is 0. The molecule has 0 saturated carbocycles. The zero-order valence-electron chi connectivity index (χ0n) is 5.48. The summed E-state index contributed by atoms with van der Waals surface area (Å²) in [7, 11) is 1.80. The number of hydrogen-bond acceptors (Lipinski definition) is 2. The Morgan fingerprint density at radius 3 is 2.50 bits per heavy atom. The van der Waals surface area contributed by atoms with Crippen LogP contribution in [0.4, 0.5) is 0 Å². The van der Waals surface area contributed by atoms with E-state index in [1.54, 1.807) is 7.05 Å². The Labute approximate surface area is 50.3 Å². The van der Waals surface area contributed by atoms with Crippen molar-refractivity contribution in [2.24, 2.45) is 0 Å². The highest BCUT2D eigenvalue weighted by atomic mass is 16.1. The van der Waals surface area contributed by atoms with Crippen LogP contribution in [-0.2, 0) is 4.79 Å². The lowest BCUT2D eigenvalue weighted by atomic mass is 10.2. The van der Waals surface area contributed by atoms with Gasteiger partial charge in [-0.1, -0.05) is 13.3 Å². The fourth-order valence-electron chi connectivity index (χ4n) is 0.591. The molecule has 1 atom stereocenters. The number of rotatable bonds is 4. The van der Waals surface area contributed by atoms with Crippen molar-refractivity contribution in [1.29, 1.82) is 0 Å². The molecule has 0 rings (SSSR count). The van der Waals surface area contributed by atoms with Gasteiger partial charge in [-0.2, -0.15) is 0 Å². The smallest absolute Gasteiger partial charge is 0.136 e. The van der Waals surface area contributed by atoms with E-state index in [2.05, 4.69) is 12.2 Å². The van der Waals surface area contributed by atoms with Gasteiger partial charge in [-0.3, -0.25) is 0 Å².